The number of hydrogen-bond donors (Lipinski definition) is 4. The summed E-state index contributed by atoms with van der Waals surface area (Å²) < 4.78 is 66.8. The minimum Gasteiger partial charge on any atom is -0.387 e. The van der Waals surface area contributed by atoms with Gasteiger partial charge in [0, 0.05) is 33.8 Å². The molecular weight excluding hydrogens is 1010 g/mol. The van der Waals surface area contributed by atoms with Crippen LogP contribution in [0.5, 0.6) is 0 Å². The second kappa shape index (κ2) is 22.1. The zero-order valence-corrected chi connectivity index (χ0v) is 42.9. The second-order valence-electron chi connectivity index (χ2n) is 17.7. The van der Waals surface area contributed by atoms with Gasteiger partial charge in [0.15, 0.2) is 29.5 Å². The normalized spacial score (nSPS) is 24.7. The van der Waals surface area contributed by atoms with Crippen LogP contribution >= 0.6 is 38.2 Å². The molecule has 6 aromatic rings. The van der Waals surface area contributed by atoms with Crippen molar-refractivity contribution in [1.29, 1.82) is 0 Å². The number of hydrogen-bond acceptors (Lipinski definition) is 19. The molecule has 0 aliphatic carbocycles. The maximum Gasteiger partial charge on any atom is 0.350 e. The lowest BCUT2D eigenvalue weighted by Crippen LogP contribution is -2.34. The van der Waals surface area contributed by atoms with E-state index < -0.39 is 76.2 Å². The summed E-state index contributed by atoms with van der Waals surface area (Å²) in [4.78, 5) is 39.2. The monoisotopic (exact) mass is 1060 g/mol. The van der Waals surface area contributed by atoms with Gasteiger partial charge in [-0.2, -0.15) is 30.1 Å². The molecule has 9 rings (SSSR count). The summed E-state index contributed by atoms with van der Waals surface area (Å²) >= 11 is 12.6. The molecule has 23 nitrogen and oxygen atoms in total. The van der Waals surface area contributed by atoms with Crippen molar-refractivity contribution in [2.24, 2.45) is 0 Å². The molecule has 3 saturated heterocycles. The lowest BCUT2D eigenvalue weighted by atomic mass is 10.1. The summed E-state index contributed by atoms with van der Waals surface area (Å²) in [6.45, 7) is 8.42. The molecule has 0 saturated carbocycles. The average molecular weight is 1070 g/mol. The van der Waals surface area contributed by atoms with Crippen LogP contribution in [-0.4, -0.2) is 155 Å². The summed E-state index contributed by atoms with van der Waals surface area (Å²) in [7, 11) is -3.43. The van der Waals surface area contributed by atoms with Crippen LogP contribution in [0.3, 0.4) is 0 Å². The van der Waals surface area contributed by atoms with Gasteiger partial charge in [-0.25, -0.2) is 9.36 Å². The first-order valence-corrected chi connectivity index (χ1v) is 27.3. The van der Waals surface area contributed by atoms with Gasteiger partial charge in [0.2, 0.25) is 17.9 Å². The average Bonchev–Trinajstić information content (AvgIpc) is 4.12. The lowest BCUT2D eigenvalue weighted by molar-refractivity contribution is -0.202. The molecule has 1 unspecified atom stereocenters. The van der Waals surface area contributed by atoms with Gasteiger partial charge in [0.25, 0.3) is 0 Å². The van der Waals surface area contributed by atoms with Crippen LogP contribution in [0.15, 0.2) is 73.1 Å². The predicted molar refractivity (Wildman–Crippen MR) is 260 cm³/mol. The van der Waals surface area contributed by atoms with Crippen molar-refractivity contribution < 1.29 is 62.1 Å². The van der Waals surface area contributed by atoms with E-state index in [4.69, 9.17) is 65.9 Å². The highest BCUT2D eigenvalue weighted by atomic mass is 35.5. The van der Waals surface area contributed by atoms with Crippen LogP contribution in [-0.2, 0) is 55.2 Å². The van der Waals surface area contributed by atoms with Gasteiger partial charge in [0.1, 0.15) is 61.0 Å². The SMILES string of the molecule is CCOP(C)(=O)COC[C@H]1O[C@@H](n2ncc3c(N(C)Cc4ccccc4)nc(Cl)nc32)[C@@H]2OC(C)(C)O[C@@H]21.CN(Cc1ccccc1)c1nc(Cl)nc2c1cnn2[C@@H]1O[C@H](COCP(=O)(O)O)[C@@H](O)[C@H]1O. The van der Waals surface area contributed by atoms with E-state index in [0.717, 1.165) is 16.5 Å². The van der Waals surface area contributed by atoms with Crippen molar-refractivity contribution in [3.05, 3.63) is 94.8 Å². The smallest absolute Gasteiger partial charge is 0.350 e. The van der Waals surface area contributed by atoms with Crippen molar-refractivity contribution >= 4 is 71.9 Å². The Morgan fingerprint density at radius 3 is 1.70 bits per heavy atom. The van der Waals surface area contributed by atoms with Crippen molar-refractivity contribution in [2.75, 3.05) is 63.1 Å². The number of ether oxygens (including phenoxy) is 6. The van der Waals surface area contributed by atoms with E-state index in [1.165, 1.54) is 10.9 Å². The van der Waals surface area contributed by atoms with Crippen molar-refractivity contribution in [3.8, 4) is 0 Å². The van der Waals surface area contributed by atoms with Gasteiger partial charge in [-0.05, 0) is 55.1 Å². The summed E-state index contributed by atoms with van der Waals surface area (Å²) in [6, 6.07) is 19.9. The molecule has 3 fully saturated rings. The minimum atomic E-state index is -4.38. The van der Waals surface area contributed by atoms with E-state index in [-0.39, 0.29) is 35.8 Å². The third-order valence-electron chi connectivity index (χ3n) is 11.6. The second-order valence-corrected chi connectivity index (χ2v) is 22.5. The predicted octanol–water partition coefficient (Wildman–Crippen LogP) is 5.34. The minimum absolute atomic E-state index is 0.0162. The van der Waals surface area contributed by atoms with Crippen LogP contribution < -0.4 is 9.80 Å². The van der Waals surface area contributed by atoms with Gasteiger partial charge in [-0.1, -0.05) is 60.7 Å². The Kier molecular flexibility index (Phi) is 16.5. The molecule has 27 heteroatoms. The summed E-state index contributed by atoms with van der Waals surface area (Å²) in [5.41, 5.74) is 3.01. The Morgan fingerprint density at radius 1 is 0.704 bits per heavy atom. The number of aliphatic hydroxyl groups excluding tert-OH is 2. The van der Waals surface area contributed by atoms with Gasteiger partial charge in [-0.3, -0.25) is 9.13 Å². The zero-order chi connectivity index (χ0) is 50.8. The molecule has 71 heavy (non-hydrogen) atoms. The van der Waals surface area contributed by atoms with Crippen LogP contribution in [0.4, 0.5) is 11.6 Å². The number of aromatic nitrogens is 8. The molecule has 4 aromatic heterocycles. The number of anilines is 2. The van der Waals surface area contributed by atoms with E-state index >= 15 is 0 Å². The standard InChI is InChI=1S/C25H33ClN5O6P.C19H23ClN5O7P/c1-6-34-38(5,32)15-33-14-18-19-20(37-25(2,3)36-19)23(35-18)31-22-17(12-27-31)21(28-24(26)29-22)30(4)13-16-10-8-7-9-11-16;1-24(8-11-5-3-2-4-6-11)16-12-7-21-25(17(12)23-19(20)22-16)18-15(27)14(26)13(32-18)9-31-10-33(28,29)30/h7-12,18-20,23H,6,13-15H2,1-5H3;2-7,13-15,18,26-27H,8-10H2,1H3,(H2,28,29,30)/t18-,19-,20-,23-,38?;13-,14-,15-,18-/m11/s1. The molecule has 0 spiro atoms. The lowest BCUT2D eigenvalue weighted by Gasteiger charge is -2.25. The molecule has 7 heterocycles. The van der Waals surface area contributed by atoms with E-state index in [1.54, 1.807) is 24.5 Å². The van der Waals surface area contributed by atoms with Gasteiger partial charge < -0.3 is 62.7 Å². The molecule has 2 aromatic carbocycles. The summed E-state index contributed by atoms with van der Waals surface area (Å²) in [6.07, 6.45) is -4.56. The Morgan fingerprint density at radius 2 is 1.18 bits per heavy atom. The highest BCUT2D eigenvalue weighted by Crippen LogP contribution is 2.46. The fraction of sp³-hybridized carbons (Fsp3) is 0.500. The molecule has 0 bridgehead atoms. The first kappa shape index (κ1) is 53.0. The molecule has 384 valence electrons. The Bertz CT molecular complexity index is 2870. The molecular formula is C44H56Cl2N10O13P2. The fourth-order valence-electron chi connectivity index (χ4n) is 8.58. The zero-order valence-electron chi connectivity index (χ0n) is 39.6. The Balaban J connectivity index is 0.000000192. The quantitative estimate of drug-likeness (QED) is 0.0625. The number of fused-ring (bicyclic) bond motifs is 3. The first-order valence-electron chi connectivity index (χ1n) is 22.5. The molecule has 0 amide bonds. The highest BCUT2D eigenvalue weighted by molar-refractivity contribution is 7.57. The molecule has 9 atom stereocenters. The Hall–Kier alpha value is -4.26. The van der Waals surface area contributed by atoms with E-state index in [1.807, 2.05) is 86.3 Å². The number of benzene rings is 2. The topological polar surface area (TPSA) is 273 Å². The van der Waals surface area contributed by atoms with E-state index in [9.17, 15) is 19.3 Å². The third-order valence-corrected chi connectivity index (χ3v) is 13.9. The Labute approximate surface area is 418 Å². The summed E-state index contributed by atoms with van der Waals surface area (Å²) in [5.74, 6) is 0.357. The number of nitrogens with zero attached hydrogens (tertiary/aromatic N) is 10. The fourth-order valence-corrected chi connectivity index (χ4v) is 10.3. The van der Waals surface area contributed by atoms with Gasteiger partial charge >= 0.3 is 7.60 Å². The number of aliphatic hydroxyl groups is 2. The van der Waals surface area contributed by atoms with Crippen molar-refractivity contribution in [3.63, 3.8) is 0 Å². The van der Waals surface area contributed by atoms with E-state index in [2.05, 4.69) is 42.3 Å². The van der Waals surface area contributed by atoms with Crippen LogP contribution in [0.25, 0.3) is 22.1 Å². The number of halogens is 2. The van der Waals surface area contributed by atoms with Gasteiger partial charge in [-0.15, -0.1) is 0 Å². The molecule has 3 aliphatic heterocycles. The van der Waals surface area contributed by atoms with Crippen molar-refractivity contribution in [2.45, 2.75) is 88.7 Å². The number of rotatable bonds is 18. The highest BCUT2D eigenvalue weighted by Gasteiger charge is 2.56. The van der Waals surface area contributed by atoms with Crippen LogP contribution in [0, 0.1) is 0 Å². The third kappa shape index (κ3) is 12.6. The van der Waals surface area contributed by atoms with Crippen LogP contribution in [0.2, 0.25) is 10.6 Å². The molecule has 0 radical (unpaired) electrons. The first-order chi connectivity index (χ1) is 33.7. The van der Waals surface area contributed by atoms with Crippen molar-refractivity contribution in [1.82, 2.24) is 39.5 Å². The maximum absolute atomic E-state index is 12.5. The molecule has 4 N–H and O–H groups in total. The molecule has 3 aliphatic rings. The maximum atomic E-state index is 12.5. The van der Waals surface area contributed by atoms with Gasteiger partial charge in [0.05, 0.1) is 43.0 Å². The summed E-state index contributed by atoms with van der Waals surface area (Å²) in [5, 5.41) is 31.1. The largest absolute Gasteiger partial charge is 0.387 e. The van der Waals surface area contributed by atoms with E-state index in [0.29, 0.717) is 42.4 Å². The van der Waals surface area contributed by atoms with Crippen LogP contribution in [0.1, 0.15) is 44.4 Å².